The standard InChI is InChI=1S/C15H23N3O2/c1-11-4-3-5-13(16)15(11)17-14(19)10-18(2)12-6-8-20-9-7-12/h3-5,12H,6-10,16H2,1-2H3,(H,17,19). The van der Waals surface area contributed by atoms with E-state index >= 15 is 0 Å². The van der Waals surface area contributed by atoms with Crippen molar-refractivity contribution in [3.63, 3.8) is 0 Å². The van der Waals surface area contributed by atoms with Gasteiger partial charge < -0.3 is 15.8 Å². The fourth-order valence-electron chi connectivity index (χ4n) is 2.52. The van der Waals surface area contributed by atoms with Crippen LogP contribution in [0.4, 0.5) is 11.4 Å². The molecule has 1 fully saturated rings. The molecule has 0 bridgehead atoms. The van der Waals surface area contributed by atoms with Crippen molar-refractivity contribution in [2.45, 2.75) is 25.8 Å². The Balaban J connectivity index is 1.91. The Labute approximate surface area is 120 Å². The first-order valence-electron chi connectivity index (χ1n) is 7.01. The first-order valence-corrected chi connectivity index (χ1v) is 7.01. The van der Waals surface area contributed by atoms with Crippen molar-refractivity contribution in [3.8, 4) is 0 Å². The molecule has 1 aromatic carbocycles. The summed E-state index contributed by atoms with van der Waals surface area (Å²) in [6, 6.07) is 6.04. The van der Waals surface area contributed by atoms with Crippen molar-refractivity contribution in [3.05, 3.63) is 23.8 Å². The fraction of sp³-hybridized carbons (Fsp3) is 0.533. The number of nitrogen functional groups attached to an aromatic ring is 1. The molecule has 20 heavy (non-hydrogen) atoms. The molecule has 0 radical (unpaired) electrons. The van der Waals surface area contributed by atoms with E-state index in [-0.39, 0.29) is 5.91 Å². The molecule has 1 aromatic rings. The van der Waals surface area contributed by atoms with Crippen LogP contribution in [-0.2, 0) is 9.53 Å². The summed E-state index contributed by atoms with van der Waals surface area (Å²) in [4.78, 5) is 14.2. The van der Waals surface area contributed by atoms with Crippen molar-refractivity contribution < 1.29 is 9.53 Å². The molecule has 0 aromatic heterocycles. The number of nitrogens with zero attached hydrogens (tertiary/aromatic N) is 1. The molecule has 0 atom stereocenters. The number of anilines is 2. The van der Waals surface area contributed by atoms with Crippen molar-refractivity contribution in [1.82, 2.24) is 4.90 Å². The Hall–Kier alpha value is -1.59. The lowest BCUT2D eigenvalue weighted by atomic mass is 10.1. The van der Waals surface area contributed by atoms with Crippen LogP contribution in [0, 0.1) is 6.92 Å². The van der Waals surface area contributed by atoms with Crippen molar-refractivity contribution in [2.24, 2.45) is 0 Å². The summed E-state index contributed by atoms with van der Waals surface area (Å²) in [5.74, 6) is -0.0278. The topological polar surface area (TPSA) is 67.6 Å². The van der Waals surface area contributed by atoms with Gasteiger partial charge in [0.15, 0.2) is 0 Å². The van der Waals surface area contributed by atoms with Gasteiger partial charge in [0.2, 0.25) is 5.91 Å². The van der Waals surface area contributed by atoms with Crippen LogP contribution < -0.4 is 11.1 Å². The molecule has 0 aliphatic carbocycles. The molecule has 110 valence electrons. The molecule has 0 saturated carbocycles. The summed E-state index contributed by atoms with van der Waals surface area (Å²) in [5, 5.41) is 2.91. The Morgan fingerprint density at radius 3 is 2.80 bits per heavy atom. The number of nitrogens with two attached hydrogens (primary N) is 1. The number of benzene rings is 1. The molecule has 1 aliphatic rings. The van der Waals surface area contributed by atoms with E-state index in [1.54, 1.807) is 6.07 Å². The zero-order valence-electron chi connectivity index (χ0n) is 12.2. The van der Waals surface area contributed by atoms with Crippen LogP contribution in [0.15, 0.2) is 18.2 Å². The van der Waals surface area contributed by atoms with Crippen LogP contribution >= 0.6 is 0 Å². The average molecular weight is 277 g/mol. The van der Waals surface area contributed by atoms with E-state index in [9.17, 15) is 4.79 Å². The summed E-state index contributed by atoms with van der Waals surface area (Å²) in [7, 11) is 1.98. The molecule has 2 rings (SSSR count). The molecule has 5 nitrogen and oxygen atoms in total. The highest BCUT2D eigenvalue weighted by atomic mass is 16.5. The maximum atomic E-state index is 12.1. The van der Waals surface area contributed by atoms with Crippen LogP contribution in [0.25, 0.3) is 0 Å². The molecule has 0 spiro atoms. The lowest BCUT2D eigenvalue weighted by Crippen LogP contribution is -2.41. The summed E-state index contributed by atoms with van der Waals surface area (Å²) in [6.45, 7) is 3.87. The van der Waals surface area contributed by atoms with Crippen LogP contribution in [-0.4, -0.2) is 43.7 Å². The van der Waals surface area contributed by atoms with Gasteiger partial charge in [-0.3, -0.25) is 9.69 Å². The summed E-state index contributed by atoms with van der Waals surface area (Å²) >= 11 is 0. The molecular weight excluding hydrogens is 254 g/mol. The molecule has 1 saturated heterocycles. The number of carbonyl (C=O) groups is 1. The molecule has 3 N–H and O–H groups in total. The van der Waals surface area contributed by atoms with Gasteiger partial charge in [0, 0.05) is 19.3 Å². The number of rotatable bonds is 4. The van der Waals surface area contributed by atoms with E-state index in [0.717, 1.165) is 37.3 Å². The van der Waals surface area contributed by atoms with E-state index in [1.807, 2.05) is 26.1 Å². The van der Waals surface area contributed by atoms with Crippen LogP contribution in [0.5, 0.6) is 0 Å². The van der Waals surface area contributed by atoms with Gasteiger partial charge in [0.1, 0.15) is 0 Å². The highest BCUT2D eigenvalue weighted by Crippen LogP contribution is 2.22. The van der Waals surface area contributed by atoms with E-state index in [1.165, 1.54) is 0 Å². The highest BCUT2D eigenvalue weighted by molar-refractivity contribution is 5.96. The van der Waals surface area contributed by atoms with Crippen LogP contribution in [0.2, 0.25) is 0 Å². The SMILES string of the molecule is Cc1cccc(N)c1NC(=O)CN(C)C1CCOCC1. The molecule has 1 aliphatic heterocycles. The Morgan fingerprint density at radius 1 is 1.45 bits per heavy atom. The third-order valence-corrected chi connectivity index (χ3v) is 3.78. The second-order valence-corrected chi connectivity index (χ2v) is 5.35. The summed E-state index contributed by atoms with van der Waals surface area (Å²) < 4.78 is 5.34. The Bertz CT molecular complexity index is 450. The minimum absolute atomic E-state index is 0.0278. The molecule has 5 heteroatoms. The number of aryl methyl sites for hydroxylation is 1. The lowest BCUT2D eigenvalue weighted by Gasteiger charge is -2.30. The maximum absolute atomic E-state index is 12.1. The number of ether oxygens (including phenoxy) is 1. The third-order valence-electron chi connectivity index (χ3n) is 3.78. The largest absolute Gasteiger partial charge is 0.397 e. The number of hydrogen-bond acceptors (Lipinski definition) is 4. The van der Waals surface area contributed by atoms with Gasteiger partial charge in [-0.2, -0.15) is 0 Å². The first-order chi connectivity index (χ1) is 9.58. The second kappa shape index (κ2) is 6.72. The number of carbonyl (C=O) groups excluding carboxylic acids is 1. The van der Waals surface area contributed by atoms with Gasteiger partial charge in [-0.05, 0) is 38.4 Å². The monoisotopic (exact) mass is 277 g/mol. The third kappa shape index (κ3) is 3.71. The maximum Gasteiger partial charge on any atom is 0.238 e. The molecule has 1 heterocycles. The van der Waals surface area contributed by atoms with Gasteiger partial charge in [-0.15, -0.1) is 0 Å². The summed E-state index contributed by atoms with van der Waals surface area (Å²) in [6.07, 6.45) is 1.96. The van der Waals surface area contributed by atoms with Gasteiger partial charge in [0.05, 0.1) is 17.9 Å². The highest BCUT2D eigenvalue weighted by Gasteiger charge is 2.20. The fourth-order valence-corrected chi connectivity index (χ4v) is 2.52. The predicted molar refractivity (Wildman–Crippen MR) is 80.7 cm³/mol. The predicted octanol–water partition coefficient (Wildman–Crippen LogP) is 1.63. The first kappa shape index (κ1) is 14.8. The van der Waals surface area contributed by atoms with Crippen LogP contribution in [0.1, 0.15) is 18.4 Å². The minimum Gasteiger partial charge on any atom is -0.397 e. The number of likely N-dealkylation sites (N-methyl/N-ethyl adjacent to an activating group) is 1. The average Bonchev–Trinajstić information content (AvgIpc) is 2.44. The molecule has 0 unspecified atom stereocenters. The Morgan fingerprint density at radius 2 is 2.15 bits per heavy atom. The lowest BCUT2D eigenvalue weighted by molar-refractivity contribution is -0.118. The van der Waals surface area contributed by atoms with Crippen LogP contribution in [0.3, 0.4) is 0 Å². The van der Waals surface area contributed by atoms with Crippen molar-refractivity contribution in [2.75, 3.05) is 37.9 Å². The summed E-state index contributed by atoms with van der Waals surface area (Å²) in [5.41, 5.74) is 8.20. The number of hydrogen-bond donors (Lipinski definition) is 2. The number of para-hydroxylation sites is 1. The number of nitrogens with one attached hydrogen (secondary N) is 1. The van der Waals surface area contributed by atoms with Crippen molar-refractivity contribution in [1.29, 1.82) is 0 Å². The van der Waals surface area contributed by atoms with E-state index in [0.29, 0.717) is 18.3 Å². The van der Waals surface area contributed by atoms with E-state index < -0.39 is 0 Å². The number of amides is 1. The van der Waals surface area contributed by atoms with E-state index in [4.69, 9.17) is 10.5 Å². The Kier molecular flexibility index (Phi) is 4.98. The van der Waals surface area contributed by atoms with E-state index in [2.05, 4.69) is 10.2 Å². The van der Waals surface area contributed by atoms with Crippen molar-refractivity contribution >= 4 is 17.3 Å². The normalized spacial score (nSPS) is 16.4. The molecular formula is C15H23N3O2. The second-order valence-electron chi connectivity index (χ2n) is 5.35. The minimum atomic E-state index is -0.0278. The quantitative estimate of drug-likeness (QED) is 0.821. The van der Waals surface area contributed by atoms with Gasteiger partial charge in [-0.1, -0.05) is 12.1 Å². The zero-order chi connectivity index (χ0) is 14.5. The van der Waals surface area contributed by atoms with Gasteiger partial charge in [0.25, 0.3) is 0 Å². The van der Waals surface area contributed by atoms with Gasteiger partial charge in [-0.25, -0.2) is 0 Å². The molecule has 1 amide bonds. The zero-order valence-corrected chi connectivity index (χ0v) is 12.2. The van der Waals surface area contributed by atoms with Gasteiger partial charge >= 0.3 is 0 Å². The smallest absolute Gasteiger partial charge is 0.238 e.